The van der Waals surface area contributed by atoms with Gasteiger partial charge in [-0.15, -0.1) is 0 Å². The first kappa shape index (κ1) is 38.2. The van der Waals surface area contributed by atoms with E-state index in [9.17, 15) is 9.36 Å². The molecule has 2 aromatic carbocycles. The fourth-order valence-corrected chi connectivity index (χ4v) is 6.72. The molecule has 2 heterocycles. The number of rotatable bonds is 19. The van der Waals surface area contributed by atoms with Crippen LogP contribution in [0.4, 0.5) is 4.39 Å². The molecule has 4 rings (SSSR count). The van der Waals surface area contributed by atoms with Gasteiger partial charge in [-0.3, -0.25) is 23.5 Å². The number of hydrogen-bond donors (Lipinski definition) is 6. The molecule has 0 fully saturated rings. The van der Waals surface area contributed by atoms with Crippen LogP contribution in [0.3, 0.4) is 0 Å². The number of H-pyrrole nitrogens is 1. The second kappa shape index (κ2) is 17.9. The number of benzene rings is 2. The minimum Gasteiger partial charge on any atom is -0.370 e. The Bertz CT molecular complexity index is 1810. The number of aryl methyl sites for hydroxylation is 1. The van der Waals surface area contributed by atoms with Crippen LogP contribution in [0, 0.1) is 11.2 Å². The predicted molar refractivity (Wildman–Crippen MR) is 191 cm³/mol. The zero-order valence-corrected chi connectivity index (χ0v) is 29.6. The SMILES string of the molecule is CCOP(=O)(OCC)OC[C@H](N)CCCc1cc(Cl)c(F)c(-c2cc3cn(-c4ccc([C@H](C)NCCCNC(=N)N)cc4)c(=O)nc3[nH]2)c1. The number of phosphoric ester groups is 1. The molecule has 8 N–H and O–H groups in total. The molecule has 0 amide bonds. The van der Waals surface area contributed by atoms with Crippen molar-refractivity contribution < 1.29 is 22.5 Å². The molecule has 266 valence electrons. The highest BCUT2D eigenvalue weighted by molar-refractivity contribution is 7.48. The van der Waals surface area contributed by atoms with Gasteiger partial charge in [0, 0.05) is 35.8 Å². The van der Waals surface area contributed by atoms with Crippen molar-refractivity contribution >= 4 is 36.4 Å². The molecule has 0 aliphatic heterocycles. The van der Waals surface area contributed by atoms with Crippen molar-refractivity contribution in [3.8, 4) is 16.9 Å². The van der Waals surface area contributed by atoms with E-state index in [-0.39, 0.29) is 42.4 Å². The van der Waals surface area contributed by atoms with Crippen molar-refractivity contribution in [1.82, 2.24) is 25.2 Å². The van der Waals surface area contributed by atoms with E-state index in [4.69, 9.17) is 42.0 Å². The minimum absolute atomic E-state index is 0.000924. The van der Waals surface area contributed by atoms with Crippen molar-refractivity contribution in [2.24, 2.45) is 11.5 Å². The number of fused-ring (bicyclic) bond motifs is 1. The summed E-state index contributed by atoms with van der Waals surface area (Å²) < 4.78 is 44.9. The molecule has 0 radical (unpaired) electrons. The van der Waals surface area contributed by atoms with Crippen LogP contribution >= 0.6 is 19.4 Å². The molecule has 2 aromatic heterocycles. The monoisotopic (exact) mass is 718 g/mol. The number of nitrogens with zero attached hydrogens (tertiary/aromatic N) is 2. The maximum absolute atomic E-state index is 15.3. The minimum atomic E-state index is -3.65. The van der Waals surface area contributed by atoms with Gasteiger partial charge >= 0.3 is 13.5 Å². The number of nitrogens with one attached hydrogen (secondary N) is 4. The number of aromatic nitrogens is 3. The summed E-state index contributed by atoms with van der Waals surface area (Å²) in [5.41, 5.74) is 14.5. The normalized spacial score (nSPS) is 13.1. The summed E-state index contributed by atoms with van der Waals surface area (Å²) in [6.45, 7) is 7.16. The molecule has 0 spiro atoms. The zero-order chi connectivity index (χ0) is 35.6. The van der Waals surface area contributed by atoms with Gasteiger partial charge in [0.05, 0.1) is 36.2 Å². The summed E-state index contributed by atoms with van der Waals surface area (Å²) in [5, 5.41) is 14.0. The fraction of sp³-hybridized carbons (Fsp3) is 0.424. The van der Waals surface area contributed by atoms with Crippen molar-refractivity contribution in [2.75, 3.05) is 32.9 Å². The van der Waals surface area contributed by atoms with Crippen LogP contribution in [0.25, 0.3) is 28.0 Å². The van der Waals surface area contributed by atoms with Crippen LogP contribution in [-0.2, 0) is 24.6 Å². The summed E-state index contributed by atoms with van der Waals surface area (Å²) in [5.74, 6) is -0.634. The number of hydrogen-bond acceptors (Lipinski definition) is 9. The van der Waals surface area contributed by atoms with Crippen LogP contribution < -0.4 is 27.8 Å². The van der Waals surface area contributed by atoms with Gasteiger partial charge < -0.3 is 27.1 Å². The van der Waals surface area contributed by atoms with Gasteiger partial charge in [0.2, 0.25) is 0 Å². The van der Waals surface area contributed by atoms with Crippen LogP contribution in [0.15, 0.2) is 53.5 Å². The van der Waals surface area contributed by atoms with E-state index in [1.165, 1.54) is 4.57 Å². The number of phosphoric acid groups is 1. The predicted octanol–water partition coefficient (Wildman–Crippen LogP) is 5.54. The van der Waals surface area contributed by atoms with Gasteiger partial charge in [0.25, 0.3) is 0 Å². The van der Waals surface area contributed by atoms with E-state index >= 15 is 4.39 Å². The number of aromatic amines is 1. The lowest BCUT2D eigenvalue weighted by molar-refractivity contribution is 0.115. The Morgan fingerprint density at radius 1 is 1.12 bits per heavy atom. The summed E-state index contributed by atoms with van der Waals surface area (Å²) in [4.78, 5) is 20.3. The van der Waals surface area contributed by atoms with Gasteiger partial charge in [-0.1, -0.05) is 23.7 Å². The van der Waals surface area contributed by atoms with Crippen molar-refractivity contribution in [1.29, 1.82) is 5.41 Å². The largest absolute Gasteiger partial charge is 0.474 e. The molecule has 0 unspecified atom stereocenters. The molecule has 2 atom stereocenters. The van der Waals surface area contributed by atoms with Gasteiger partial charge in [0.15, 0.2) is 11.8 Å². The lowest BCUT2D eigenvalue weighted by Gasteiger charge is -2.19. The molecule has 0 saturated carbocycles. The third-order valence-corrected chi connectivity index (χ3v) is 9.63. The number of guanidine groups is 1. The Balaban J connectivity index is 1.43. The van der Waals surface area contributed by atoms with E-state index in [0.717, 1.165) is 24.1 Å². The first-order valence-electron chi connectivity index (χ1n) is 16.2. The molecule has 0 bridgehead atoms. The molecular formula is C33H45ClFN8O5P. The quantitative estimate of drug-likeness (QED) is 0.0310. The highest BCUT2D eigenvalue weighted by Crippen LogP contribution is 2.49. The summed E-state index contributed by atoms with van der Waals surface area (Å²) >= 11 is 6.31. The van der Waals surface area contributed by atoms with E-state index in [2.05, 4.69) is 20.6 Å². The van der Waals surface area contributed by atoms with E-state index in [1.807, 2.05) is 31.2 Å². The molecule has 49 heavy (non-hydrogen) atoms. The molecule has 13 nitrogen and oxygen atoms in total. The lowest BCUT2D eigenvalue weighted by Crippen LogP contribution is -2.32. The first-order valence-corrected chi connectivity index (χ1v) is 18.1. The zero-order valence-electron chi connectivity index (χ0n) is 27.9. The van der Waals surface area contributed by atoms with Crippen LogP contribution in [0.1, 0.15) is 57.2 Å². The Hall–Kier alpha value is -3.62. The second-order valence-electron chi connectivity index (χ2n) is 11.5. The van der Waals surface area contributed by atoms with Gasteiger partial charge in [0.1, 0.15) is 5.65 Å². The van der Waals surface area contributed by atoms with Gasteiger partial charge in [-0.25, -0.2) is 13.8 Å². The topological polar surface area (TPSA) is 195 Å². The van der Waals surface area contributed by atoms with Crippen molar-refractivity contribution in [2.45, 2.75) is 58.5 Å². The third-order valence-electron chi connectivity index (χ3n) is 7.74. The average molecular weight is 719 g/mol. The standard InChI is InChI=1S/C33H45ClFN8O5P/c1-4-46-49(45,47-5-2)48-20-25(36)9-6-8-22-16-27(30(35)28(34)17-22)29-18-24-19-43(33(44)42-31(24)41-29)26-12-10-23(11-13-26)21(3)39-14-7-15-40-32(37)38/h10-13,16-19,21,25,39H,4-9,14-15,20,36H2,1-3H3,(H4,37,38,40)(H,41,42,44)/t21-,25+/m0/s1. The van der Waals surface area contributed by atoms with E-state index < -0.39 is 25.4 Å². The Morgan fingerprint density at radius 2 is 1.84 bits per heavy atom. The van der Waals surface area contributed by atoms with E-state index in [1.54, 1.807) is 38.2 Å². The maximum atomic E-state index is 15.3. The molecule has 0 aliphatic carbocycles. The van der Waals surface area contributed by atoms with Gasteiger partial charge in [-0.2, -0.15) is 4.98 Å². The summed E-state index contributed by atoms with van der Waals surface area (Å²) in [6.07, 6.45) is 4.22. The van der Waals surface area contributed by atoms with Crippen molar-refractivity contribution in [3.63, 3.8) is 0 Å². The van der Waals surface area contributed by atoms with Gasteiger partial charge in [-0.05, 0) is 94.5 Å². The Kier molecular flexibility index (Phi) is 13.9. The smallest absolute Gasteiger partial charge is 0.370 e. The summed E-state index contributed by atoms with van der Waals surface area (Å²) in [7, 11) is -3.65. The molecule has 0 aliphatic rings. The molecule has 4 aromatic rings. The van der Waals surface area contributed by atoms with Crippen LogP contribution in [0.2, 0.25) is 5.02 Å². The number of nitrogens with two attached hydrogens (primary N) is 2. The highest BCUT2D eigenvalue weighted by Gasteiger charge is 2.26. The molecule has 0 saturated heterocycles. The second-order valence-corrected chi connectivity index (χ2v) is 13.6. The van der Waals surface area contributed by atoms with Crippen LogP contribution in [-0.4, -0.2) is 59.4 Å². The van der Waals surface area contributed by atoms with E-state index in [0.29, 0.717) is 48.2 Å². The summed E-state index contributed by atoms with van der Waals surface area (Å²) in [6, 6.07) is 12.3. The van der Waals surface area contributed by atoms with Crippen LogP contribution in [0.5, 0.6) is 0 Å². The first-order chi connectivity index (χ1) is 23.4. The van der Waals surface area contributed by atoms with Crippen molar-refractivity contribution in [3.05, 3.63) is 81.1 Å². The fourth-order valence-electron chi connectivity index (χ4n) is 5.25. The highest BCUT2D eigenvalue weighted by atomic mass is 35.5. The third kappa shape index (κ3) is 10.7. The maximum Gasteiger partial charge on any atom is 0.474 e. The molecular weight excluding hydrogens is 674 g/mol. The lowest BCUT2D eigenvalue weighted by atomic mass is 10.0. The average Bonchev–Trinajstić information content (AvgIpc) is 3.47. The molecule has 16 heteroatoms. The Labute approximate surface area is 290 Å². The number of halogens is 2. The Morgan fingerprint density at radius 3 is 2.51 bits per heavy atom.